The lowest BCUT2D eigenvalue weighted by molar-refractivity contribution is 0.143. The Kier molecular flexibility index (Phi) is 11.2. The maximum Gasteiger partial charge on any atom is 0.232 e. The number of hydrogen-bond donors (Lipinski definition) is 0. The minimum Gasteiger partial charge on any atom is -0.474 e. The molecule has 0 N–H and O–H groups in total. The third-order valence-electron chi connectivity index (χ3n) is 2.27. The van der Waals surface area contributed by atoms with Gasteiger partial charge in [0.25, 0.3) is 0 Å². The summed E-state index contributed by atoms with van der Waals surface area (Å²) in [6.45, 7) is 2.09. The van der Waals surface area contributed by atoms with Gasteiger partial charge in [-0.1, -0.05) is 0 Å². The molecular formula is C14H18Br2N4O4. The normalized spacial score (nSPS) is 9.83. The average Bonchev–Trinajstić information content (AvgIpc) is 2.59. The largest absolute Gasteiger partial charge is 0.474 e. The van der Waals surface area contributed by atoms with E-state index in [9.17, 15) is 0 Å². The lowest BCUT2D eigenvalue weighted by atomic mass is 10.7. The number of rotatable bonds is 8. The Balaban J connectivity index is 0.000000240. The van der Waals surface area contributed by atoms with Crippen molar-refractivity contribution in [2.75, 3.05) is 40.6 Å². The predicted molar refractivity (Wildman–Crippen MR) is 94.2 cm³/mol. The van der Waals surface area contributed by atoms with E-state index in [4.69, 9.17) is 18.9 Å². The zero-order valence-electron chi connectivity index (χ0n) is 13.3. The van der Waals surface area contributed by atoms with E-state index in [1.807, 2.05) is 0 Å². The fraction of sp³-hybridized carbons (Fsp3) is 0.429. The SMILES string of the molecule is COCCOc1cnc(Br)cn1.COCCOc1cnc(Br)cn1. The molecular weight excluding hydrogens is 448 g/mol. The summed E-state index contributed by atoms with van der Waals surface area (Å²) in [5.74, 6) is 1.02. The van der Waals surface area contributed by atoms with Gasteiger partial charge in [0.2, 0.25) is 11.8 Å². The Morgan fingerprint density at radius 2 is 1.08 bits per heavy atom. The number of aromatic nitrogens is 4. The summed E-state index contributed by atoms with van der Waals surface area (Å²) < 4.78 is 21.4. The second kappa shape index (κ2) is 13.0. The van der Waals surface area contributed by atoms with E-state index in [-0.39, 0.29) is 0 Å². The molecule has 0 spiro atoms. The van der Waals surface area contributed by atoms with Gasteiger partial charge in [0.1, 0.15) is 22.4 Å². The maximum absolute atomic E-state index is 5.18. The van der Waals surface area contributed by atoms with Crippen LogP contribution in [0.4, 0.5) is 0 Å². The number of hydrogen-bond acceptors (Lipinski definition) is 8. The fourth-order valence-corrected chi connectivity index (χ4v) is 1.62. The number of halogens is 2. The average molecular weight is 466 g/mol. The quantitative estimate of drug-likeness (QED) is 0.549. The minimum absolute atomic E-state index is 0.493. The summed E-state index contributed by atoms with van der Waals surface area (Å²) in [7, 11) is 3.24. The van der Waals surface area contributed by atoms with E-state index in [2.05, 4.69) is 51.8 Å². The summed E-state index contributed by atoms with van der Waals surface area (Å²) >= 11 is 6.35. The van der Waals surface area contributed by atoms with Crippen molar-refractivity contribution in [3.05, 3.63) is 34.0 Å². The molecule has 132 valence electrons. The Morgan fingerprint density at radius 3 is 1.38 bits per heavy atom. The van der Waals surface area contributed by atoms with Crippen molar-refractivity contribution in [3.8, 4) is 11.8 Å². The molecule has 0 unspecified atom stereocenters. The molecule has 0 amide bonds. The molecule has 2 heterocycles. The van der Waals surface area contributed by atoms with E-state index in [0.717, 1.165) is 0 Å². The Hall–Kier alpha value is -1.36. The number of methoxy groups -OCH3 is 2. The summed E-state index contributed by atoms with van der Waals surface area (Å²) in [6, 6.07) is 0. The van der Waals surface area contributed by atoms with Gasteiger partial charge in [-0.15, -0.1) is 0 Å². The van der Waals surface area contributed by atoms with Crippen LogP contribution in [0.25, 0.3) is 0 Å². The van der Waals surface area contributed by atoms with Crippen LogP contribution in [0.3, 0.4) is 0 Å². The zero-order chi connectivity index (χ0) is 17.6. The van der Waals surface area contributed by atoms with Crippen molar-refractivity contribution in [2.24, 2.45) is 0 Å². The second-order valence-electron chi connectivity index (χ2n) is 4.04. The topological polar surface area (TPSA) is 88.5 Å². The smallest absolute Gasteiger partial charge is 0.232 e. The lowest BCUT2D eigenvalue weighted by Crippen LogP contribution is -2.05. The first kappa shape index (κ1) is 20.7. The highest BCUT2D eigenvalue weighted by atomic mass is 79.9. The van der Waals surface area contributed by atoms with Crippen LogP contribution < -0.4 is 9.47 Å². The van der Waals surface area contributed by atoms with Crippen molar-refractivity contribution < 1.29 is 18.9 Å². The molecule has 0 saturated carbocycles. The highest BCUT2D eigenvalue weighted by molar-refractivity contribution is 9.10. The van der Waals surface area contributed by atoms with Crippen LogP contribution in [0.5, 0.6) is 11.8 Å². The molecule has 10 heteroatoms. The first-order chi connectivity index (χ1) is 11.7. The molecule has 2 aromatic rings. The molecule has 0 atom stereocenters. The van der Waals surface area contributed by atoms with Gasteiger partial charge in [0.05, 0.1) is 38.0 Å². The third kappa shape index (κ3) is 9.71. The summed E-state index contributed by atoms with van der Waals surface area (Å²) in [5, 5.41) is 0. The van der Waals surface area contributed by atoms with E-state index in [1.165, 1.54) is 0 Å². The van der Waals surface area contributed by atoms with Crippen molar-refractivity contribution in [2.45, 2.75) is 0 Å². The van der Waals surface area contributed by atoms with Crippen LogP contribution in [0.2, 0.25) is 0 Å². The highest BCUT2D eigenvalue weighted by Gasteiger charge is 1.95. The molecule has 2 rings (SSSR count). The summed E-state index contributed by atoms with van der Waals surface area (Å²) in [4.78, 5) is 15.8. The Morgan fingerprint density at radius 1 is 0.667 bits per heavy atom. The first-order valence-corrected chi connectivity index (χ1v) is 8.43. The van der Waals surface area contributed by atoms with Gasteiger partial charge < -0.3 is 18.9 Å². The van der Waals surface area contributed by atoms with Gasteiger partial charge in [-0.2, -0.15) is 0 Å². The first-order valence-electron chi connectivity index (χ1n) is 6.84. The van der Waals surface area contributed by atoms with E-state index >= 15 is 0 Å². The lowest BCUT2D eigenvalue weighted by Gasteiger charge is -2.02. The Labute approximate surface area is 157 Å². The van der Waals surface area contributed by atoms with Crippen LogP contribution in [-0.2, 0) is 9.47 Å². The summed E-state index contributed by atoms with van der Waals surface area (Å²) in [5.41, 5.74) is 0. The predicted octanol–water partition coefficient (Wildman–Crippen LogP) is 2.53. The van der Waals surface area contributed by atoms with Gasteiger partial charge in [-0.3, -0.25) is 0 Å². The Bertz CT molecular complexity index is 506. The molecule has 0 aliphatic carbocycles. The summed E-state index contributed by atoms with van der Waals surface area (Å²) in [6.07, 6.45) is 6.28. The zero-order valence-corrected chi connectivity index (χ0v) is 16.5. The highest BCUT2D eigenvalue weighted by Crippen LogP contribution is 2.08. The molecule has 0 fully saturated rings. The van der Waals surface area contributed by atoms with Gasteiger partial charge in [0, 0.05) is 14.2 Å². The van der Waals surface area contributed by atoms with Crippen molar-refractivity contribution >= 4 is 31.9 Å². The van der Waals surface area contributed by atoms with Gasteiger partial charge in [-0.05, 0) is 31.9 Å². The molecule has 0 saturated heterocycles. The molecule has 0 aliphatic rings. The number of nitrogens with zero attached hydrogens (tertiary/aromatic N) is 4. The van der Waals surface area contributed by atoms with Crippen molar-refractivity contribution in [3.63, 3.8) is 0 Å². The molecule has 0 aromatic carbocycles. The van der Waals surface area contributed by atoms with E-state index in [1.54, 1.807) is 39.0 Å². The number of ether oxygens (including phenoxy) is 4. The van der Waals surface area contributed by atoms with Gasteiger partial charge >= 0.3 is 0 Å². The maximum atomic E-state index is 5.18. The molecule has 8 nitrogen and oxygen atoms in total. The molecule has 2 aromatic heterocycles. The molecule has 0 radical (unpaired) electrons. The minimum atomic E-state index is 0.493. The third-order valence-corrected chi connectivity index (χ3v) is 3.09. The molecule has 24 heavy (non-hydrogen) atoms. The van der Waals surface area contributed by atoms with Gasteiger partial charge in [0.15, 0.2) is 0 Å². The van der Waals surface area contributed by atoms with Crippen LogP contribution in [0, 0.1) is 0 Å². The van der Waals surface area contributed by atoms with Gasteiger partial charge in [-0.25, -0.2) is 19.9 Å². The van der Waals surface area contributed by atoms with E-state index < -0.39 is 0 Å². The van der Waals surface area contributed by atoms with E-state index in [0.29, 0.717) is 47.4 Å². The van der Waals surface area contributed by atoms with Crippen LogP contribution in [0.1, 0.15) is 0 Å². The van der Waals surface area contributed by atoms with Crippen LogP contribution in [-0.4, -0.2) is 60.6 Å². The van der Waals surface area contributed by atoms with Crippen molar-refractivity contribution in [1.82, 2.24) is 19.9 Å². The fourth-order valence-electron chi connectivity index (χ4n) is 1.21. The standard InChI is InChI=1S/2C7H9BrN2O2/c2*1-11-2-3-12-7-5-9-6(8)4-10-7/h2*4-5H,2-3H2,1H3. The monoisotopic (exact) mass is 464 g/mol. The second-order valence-corrected chi connectivity index (χ2v) is 5.66. The molecule has 0 bridgehead atoms. The molecule has 0 aliphatic heterocycles. The van der Waals surface area contributed by atoms with Crippen LogP contribution >= 0.6 is 31.9 Å². The van der Waals surface area contributed by atoms with Crippen molar-refractivity contribution in [1.29, 1.82) is 0 Å². The van der Waals surface area contributed by atoms with Crippen LogP contribution in [0.15, 0.2) is 34.0 Å².